The lowest BCUT2D eigenvalue weighted by Crippen LogP contribution is -2.35. The third-order valence-electron chi connectivity index (χ3n) is 6.34. The van der Waals surface area contributed by atoms with E-state index in [0.717, 1.165) is 31.2 Å². The van der Waals surface area contributed by atoms with E-state index in [-0.39, 0.29) is 28.8 Å². The number of nitrogens with zero attached hydrogens (tertiary/aromatic N) is 2. The van der Waals surface area contributed by atoms with Gasteiger partial charge >= 0.3 is 5.97 Å². The molecule has 3 aromatic rings. The number of aromatic carboxylic acids is 1. The van der Waals surface area contributed by atoms with Gasteiger partial charge in [0.15, 0.2) is 0 Å². The van der Waals surface area contributed by atoms with Crippen LogP contribution in [-0.2, 0) is 4.79 Å². The van der Waals surface area contributed by atoms with Crippen LogP contribution in [0.3, 0.4) is 0 Å². The number of hydrogen-bond donors (Lipinski definition) is 3. The van der Waals surface area contributed by atoms with Crippen molar-refractivity contribution >= 4 is 40.3 Å². The van der Waals surface area contributed by atoms with E-state index in [1.54, 1.807) is 12.3 Å². The fourth-order valence-corrected chi connectivity index (χ4v) is 4.31. The van der Waals surface area contributed by atoms with Gasteiger partial charge in [-0.2, -0.15) is 0 Å². The fraction of sp³-hybridized carbons (Fsp3) is 0.360. The number of nitrogens with one attached hydrogen (secondary N) is 2. The summed E-state index contributed by atoms with van der Waals surface area (Å²) in [5, 5.41) is 15.3. The van der Waals surface area contributed by atoms with Gasteiger partial charge in [-0.25, -0.2) is 9.78 Å². The first kappa shape index (κ1) is 23.4. The molecule has 9 nitrogen and oxygen atoms in total. The minimum absolute atomic E-state index is 0.0300. The summed E-state index contributed by atoms with van der Waals surface area (Å²) in [5.74, 6) is -1.87. The average Bonchev–Trinajstić information content (AvgIpc) is 3.18. The number of furan rings is 1. The quantitative estimate of drug-likeness (QED) is 0.500. The number of carboxylic acids is 1. The fourth-order valence-electron chi connectivity index (χ4n) is 4.31. The summed E-state index contributed by atoms with van der Waals surface area (Å²) in [5.41, 5.74) is 1.45. The first-order valence-electron chi connectivity index (χ1n) is 11.2. The molecule has 34 heavy (non-hydrogen) atoms. The molecule has 1 saturated carbocycles. The molecule has 2 heterocycles. The third kappa shape index (κ3) is 4.94. The first-order valence-corrected chi connectivity index (χ1v) is 11.2. The van der Waals surface area contributed by atoms with Crippen molar-refractivity contribution in [2.75, 3.05) is 24.7 Å². The van der Waals surface area contributed by atoms with Crippen molar-refractivity contribution in [3.05, 3.63) is 53.4 Å². The smallest absolute Gasteiger partial charge is 0.335 e. The maximum Gasteiger partial charge on any atom is 0.335 e. The second kappa shape index (κ2) is 9.64. The number of anilines is 2. The molecule has 4 rings (SSSR count). The molecule has 1 aliphatic carbocycles. The Labute approximate surface area is 197 Å². The lowest BCUT2D eigenvalue weighted by molar-refractivity contribution is -0.121. The number of aromatic nitrogens is 1. The second-order valence-electron chi connectivity index (χ2n) is 8.96. The number of hydrogen-bond acceptors (Lipinski definition) is 6. The summed E-state index contributed by atoms with van der Waals surface area (Å²) in [6, 6.07) is 8.21. The van der Waals surface area contributed by atoms with Gasteiger partial charge in [-0.3, -0.25) is 9.59 Å². The van der Waals surface area contributed by atoms with Gasteiger partial charge in [0, 0.05) is 23.5 Å². The van der Waals surface area contributed by atoms with E-state index < -0.39 is 11.9 Å². The van der Waals surface area contributed by atoms with Crippen molar-refractivity contribution in [3.8, 4) is 0 Å². The standard InChI is InChI=1S/C25H28N4O5/c1-14-4-11-20(26-13-14)27-24(31)22-21(18-12-16(25(32)33)7-10-19(18)34-22)28-23(30)15-5-8-17(9-6-15)29(2)3/h4,7,10-13,15,17H,5-6,8-9H2,1-3H3,(H,28,30)(H,32,33)(H,26,27,31). The lowest BCUT2D eigenvalue weighted by Gasteiger charge is -2.31. The number of carbonyl (C=O) groups excluding carboxylic acids is 2. The molecule has 0 atom stereocenters. The van der Waals surface area contributed by atoms with E-state index in [1.165, 1.54) is 18.2 Å². The van der Waals surface area contributed by atoms with Gasteiger partial charge in [-0.05, 0) is 76.5 Å². The summed E-state index contributed by atoms with van der Waals surface area (Å²) in [6.45, 7) is 1.89. The van der Waals surface area contributed by atoms with Crippen molar-refractivity contribution in [1.82, 2.24) is 9.88 Å². The van der Waals surface area contributed by atoms with Gasteiger partial charge in [0.25, 0.3) is 5.91 Å². The summed E-state index contributed by atoms with van der Waals surface area (Å²) < 4.78 is 5.77. The van der Waals surface area contributed by atoms with E-state index >= 15 is 0 Å². The Morgan fingerprint density at radius 3 is 2.41 bits per heavy atom. The first-order chi connectivity index (χ1) is 16.2. The molecule has 0 saturated heterocycles. The molecule has 3 N–H and O–H groups in total. The monoisotopic (exact) mass is 464 g/mol. The number of benzene rings is 1. The van der Waals surface area contributed by atoms with Crippen LogP contribution in [0.15, 0.2) is 40.9 Å². The zero-order valence-electron chi connectivity index (χ0n) is 19.4. The van der Waals surface area contributed by atoms with Crippen LogP contribution in [0.4, 0.5) is 11.5 Å². The van der Waals surface area contributed by atoms with Gasteiger partial charge in [0.2, 0.25) is 11.7 Å². The average molecular weight is 465 g/mol. The highest BCUT2D eigenvalue weighted by Gasteiger charge is 2.30. The molecule has 0 aliphatic heterocycles. The molecule has 0 unspecified atom stereocenters. The lowest BCUT2D eigenvalue weighted by atomic mass is 9.85. The van der Waals surface area contributed by atoms with Crippen molar-refractivity contribution in [3.63, 3.8) is 0 Å². The van der Waals surface area contributed by atoms with Gasteiger partial charge in [-0.1, -0.05) is 6.07 Å². The van der Waals surface area contributed by atoms with Crippen molar-refractivity contribution < 1.29 is 23.9 Å². The van der Waals surface area contributed by atoms with E-state index in [2.05, 4.69) is 20.5 Å². The molecule has 0 bridgehead atoms. The third-order valence-corrected chi connectivity index (χ3v) is 6.34. The summed E-state index contributed by atoms with van der Waals surface area (Å²) in [6.07, 6.45) is 4.92. The van der Waals surface area contributed by atoms with Crippen molar-refractivity contribution in [2.45, 2.75) is 38.6 Å². The molecular formula is C25H28N4O5. The highest BCUT2D eigenvalue weighted by molar-refractivity contribution is 6.15. The highest BCUT2D eigenvalue weighted by Crippen LogP contribution is 2.34. The predicted molar refractivity (Wildman–Crippen MR) is 128 cm³/mol. The van der Waals surface area contributed by atoms with Crippen LogP contribution in [0.25, 0.3) is 11.0 Å². The van der Waals surface area contributed by atoms with E-state index in [4.69, 9.17) is 4.42 Å². The summed E-state index contributed by atoms with van der Waals surface area (Å²) in [7, 11) is 4.08. The van der Waals surface area contributed by atoms with Crippen LogP contribution in [0.1, 0.15) is 52.2 Å². The summed E-state index contributed by atoms with van der Waals surface area (Å²) in [4.78, 5) is 44.1. The van der Waals surface area contributed by atoms with Crippen LogP contribution < -0.4 is 10.6 Å². The molecule has 178 valence electrons. The zero-order valence-corrected chi connectivity index (χ0v) is 19.4. The predicted octanol–water partition coefficient (Wildman–Crippen LogP) is 4.15. The zero-order chi connectivity index (χ0) is 24.4. The Balaban J connectivity index is 1.64. The number of fused-ring (bicyclic) bond motifs is 1. The molecule has 1 aromatic carbocycles. The Bertz CT molecular complexity index is 1220. The van der Waals surface area contributed by atoms with Gasteiger partial charge in [-0.15, -0.1) is 0 Å². The van der Waals surface area contributed by atoms with Crippen molar-refractivity contribution in [1.29, 1.82) is 0 Å². The summed E-state index contributed by atoms with van der Waals surface area (Å²) >= 11 is 0. The molecule has 1 fully saturated rings. The number of rotatable bonds is 6. The molecule has 2 aromatic heterocycles. The van der Waals surface area contributed by atoms with Gasteiger partial charge < -0.3 is 25.1 Å². The van der Waals surface area contributed by atoms with Crippen LogP contribution >= 0.6 is 0 Å². The topological polar surface area (TPSA) is 125 Å². The molecular weight excluding hydrogens is 436 g/mol. The van der Waals surface area contributed by atoms with E-state index in [1.807, 2.05) is 27.1 Å². The molecule has 9 heteroatoms. The Kier molecular flexibility index (Phi) is 6.65. The number of carbonyl (C=O) groups is 3. The van der Waals surface area contributed by atoms with Gasteiger partial charge in [0.1, 0.15) is 17.1 Å². The Hall–Kier alpha value is -3.72. The molecule has 2 amide bonds. The van der Waals surface area contributed by atoms with Crippen LogP contribution in [0.5, 0.6) is 0 Å². The SMILES string of the molecule is Cc1ccc(NC(=O)c2oc3ccc(C(=O)O)cc3c2NC(=O)C2CCC(N(C)C)CC2)nc1. The molecule has 0 spiro atoms. The number of amides is 2. The normalized spacial score (nSPS) is 18.1. The minimum Gasteiger partial charge on any atom is -0.478 e. The number of pyridine rings is 1. The second-order valence-corrected chi connectivity index (χ2v) is 8.96. The highest BCUT2D eigenvalue weighted by atomic mass is 16.4. The maximum absolute atomic E-state index is 13.1. The number of carboxylic acid groups (broad SMARTS) is 1. The maximum atomic E-state index is 13.1. The largest absolute Gasteiger partial charge is 0.478 e. The van der Waals surface area contributed by atoms with E-state index in [9.17, 15) is 19.5 Å². The minimum atomic E-state index is -1.11. The Morgan fingerprint density at radius 2 is 1.79 bits per heavy atom. The number of aryl methyl sites for hydroxylation is 1. The van der Waals surface area contributed by atoms with Crippen LogP contribution in [0, 0.1) is 12.8 Å². The van der Waals surface area contributed by atoms with Crippen LogP contribution in [0.2, 0.25) is 0 Å². The molecule has 1 aliphatic rings. The van der Waals surface area contributed by atoms with Crippen LogP contribution in [-0.4, -0.2) is 52.9 Å². The van der Waals surface area contributed by atoms with Gasteiger partial charge in [0.05, 0.1) is 5.56 Å². The molecule has 0 radical (unpaired) electrons. The van der Waals surface area contributed by atoms with Crippen molar-refractivity contribution in [2.24, 2.45) is 5.92 Å². The van der Waals surface area contributed by atoms with E-state index in [0.29, 0.717) is 22.8 Å². The Morgan fingerprint density at radius 1 is 1.06 bits per heavy atom.